The van der Waals surface area contributed by atoms with Crippen molar-refractivity contribution >= 4 is 47.0 Å². The average Bonchev–Trinajstić information content (AvgIpc) is 3.35. The number of rotatable bonds is 5. The van der Waals surface area contributed by atoms with Gasteiger partial charge < -0.3 is 0 Å². The Balaban J connectivity index is 1.62. The van der Waals surface area contributed by atoms with Crippen LogP contribution >= 0.6 is 22.7 Å². The number of thiophene rings is 2. The maximum atomic E-state index is 2.22. The van der Waals surface area contributed by atoms with Crippen LogP contribution in [-0.2, 0) is 0 Å². The van der Waals surface area contributed by atoms with Crippen molar-refractivity contribution in [2.75, 3.05) is 0 Å². The van der Waals surface area contributed by atoms with Gasteiger partial charge in [-0.25, -0.2) is 0 Å². The molecule has 2 heteroatoms. The Labute approximate surface area is 162 Å². The van der Waals surface area contributed by atoms with Gasteiger partial charge in [-0.2, -0.15) is 0 Å². The Bertz CT molecular complexity index is 933. The first-order valence-corrected chi connectivity index (χ1v) is 10.3. The SMILES string of the molecule is C(=Cc1sccc1-c1ccsc1C=Cc1ccccc1)c1ccccc1. The molecule has 0 nitrogen and oxygen atoms in total. The van der Waals surface area contributed by atoms with E-state index in [0.29, 0.717) is 0 Å². The zero-order valence-corrected chi connectivity index (χ0v) is 15.8. The first kappa shape index (κ1) is 16.8. The molecule has 26 heavy (non-hydrogen) atoms. The van der Waals surface area contributed by atoms with Gasteiger partial charge in [0.15, 0.2) is 0 Å². The molecule has 0 spiro atoms. The van der Waals surface area contributed by atoms with E-state index < -0.39 is 0 Å². The minimum absolute atomic E-state index is 1.22. The Morgan fingerprint density at radius 2 is 0.885 bits per heavy atom. The molecule has 0 saturated heterocycles. The highest BCUT2D eigenvalue weighted by Crippen LogP contribution is 2.35. The highest BCUT2D eigenvalue weighted by atomic mass is 32.1. The molecule has 0 atom stereocenters. The van der Waals surface area contributed by atoms with E-state index in [9.17, 15) is 0 Å². The van der Waals surface area contributed by atoms with Crippen LogP contribution in [0.1, 0.15) is 20.9 Å². The smallest absolute Gasteiger partial charge is 0.0349 e. The van der Waals surface area contributed by atoms with Crippen molar-refractivity contribution in [2.45, 2.75) is 0 Å². The molecule has 0 fully saturated rings. The van der Waals surface area contributed by atoms with Crippen LogP contribution in [0, 0.1) is 0 Å². The number of hydrogen-bond donors (Lipinski definition) is 0. The Morgan fingerprint density at radius 1 is 0.462 bits per heavy atom. The maximum Gasteiger partial charge on any atom is 0.0349 e. The first-order chi connectivity index (χ1) is 12.9. The van der Waals surface area contributed by atoms with E-state index in [4.69, 9.17) is 0 Å². The van der Waals surface area contributed by atoms with Gasteiger partial charge in [0.25, 0.3) is 0 Å². The molecule has 0 amide bonds. The van der Waals surface area contributed by atoms with Crippen LogP contribution < -0.4 is 0 Å². The van der Waals surface area contributed by atoms with E-state index in [0.717, 1.165) is 0 Å². The molecule has 2 aromatic heterocycles. The van der Waals surface area contributed by atoms with Gasteiger partial charge >= 0.3 is 0 Å². The normalized spacial score (nSPS) is 11.5. The monoisotopic (exact) mass is 370 g/mol. The minimum Gasteiger partial charge on any atom is -0.144 e. The van der Waals surface area contributed by atoms with Gasteiger partial charge in [-0.05, 0) is 46.2 Å². The van der Waals surface area contributed by atoms with Crippen LogP contribution in [0.15, 0.2) is 83.6 Å². The van der Waals surface area contributed by atoms with Gasteiger partial charge in [0.05, 0.1) is 0 Å². The first-order valence-electron chi connectivity index (χ1n) is 8.52. The van der Waals surface area contributed by atoms with Crippen molar-refractivity contribution in [1.29, 1.82) is 0 Å². The van der Waals surface area contributed by atoms with Crippen molar-refractivity contribution in [3.8, 4) is 11.1 Å². The van der Waals surface area contributed by atoms with E-state index in [2.05, 4.69) is 95.7 Å². The van der Waals surface area contributed by atoms with Crippen LogP contribution in [-0.4, -0.2) is 0 Å². The van der Waals surface area contributed by atoms with E-state index in [1.807, 2.05) is 12.1 Å². The summed E-state index contributed by atoms with van der Waals surface area (Å²) in [6, 6.07) is 25.3. The lowest BCUT2D eigenvalue weighted by molar-refractivity contribution is 1.66. The third-order valence-corrected chi connectivity index (χ3v) is 5.90. The highest BCUT2D eigenvalue weighted by molar-refractivity contribution is 7.12. The van der Waals surface area contributed by atoms with Crippen LogP contribution in [0.3, 0.4) is 0 Å². The van der Waals surface area contributed by atoms with Crippen LogP contribution in [0.4, 0.5) is 0 Å². The van der Waals surface area contributed by atoms with E-state index in [1.165, 1.54) is 32.0 Å². The van der Waals surface area contributed by atoms with Gasteiger partial charge in [-0.15, -0.1) is 22.7 Å². The standard InChI is InChI=1S/C24H18S2/c1-3-7-19(8-4-1)11-13-23-21(15-17-25-23)22-16-18-26-24(22)14-12-20-9-5-2-6-10-20/h1-18H. The molecule has 0 N–H and O–H groups in total. The second-order valence-corrected chi connectivity index (χ2v) is 7.78. The molecule has 0 radical (unpaired) electrons. The quantitative estimate of drug-likeness (QED) is 0.336. The second-order valence-electron chi connectivity index (χ2n) is 5.89. The number of hydrogen-bond acceptors (Lipinski definition) is 2. The molecule has 0 bridgehead atoms. The summed E-state index contributed by atoms with van der Waals surface area (Å²) in [6.45, 7) is 0. The lowest BCUT2D eigenvalue weighted by atomic mass is 10.1. The molecular formula is C24H18S2. The van der Waals surface area contributed by atoms with Crippen molar-refractivity contribution in [3.05, 3.63) is 104 Å². The Morgan fingerprint density at radius 3 is 1.31 bits per heavy atom. The molecule has 4 rings (SSSR count). The van der Waals surface area contributed by atoms with Gasteiger partial charge in [0.2, 0.25) is 0 Å². The largest absolute Gasteiger partial charge is 0.144 e. The molecule has 0 unspecified atom stereocenters. The third-order valence-electron chi connectivity index (χ3n) is 4.13. The summed E-state index contributed by atoms with van der Waals surface area (Å²) in [5.74, 6) is 0. The predicted molar refractivity (Wildman–Crippen MR) is 118 cm³/mol. The topological polar surface area (TPSA) is 0 Å². The number of benzene rings is 2. The molecule has 126 valence electrons. The van der Waals surface area contributed by atoms with Gasteiger partial charge in [0.1, 0.15) is 0 Å². The second kappa shape index (κ2) is 8.13. The molecule has 0 aliphatic rings. The average molecular weight is 371 g/mol. The third kappa shape index (κ3) is 3.93. The molecule has 4 aromatic rings. The van der Waals surface area contributed by atoms with E-state index in [1.54, 1.807) is 22.7 Å². The summed E-state index contributed by atoms with van der Waals surface area (Å²) in [6.07, 6.45) is 8.80. The lowest BCUT2D eigenvalue weighted by Crippen LogP contribution is -1.77. The Hall–Kier alpha value is -2.68. The van der Waals surface area contributed by atoms with Crippen LogP contribution in [0.5, 0.6) is 0 Å². The summed E-state index contributed by atoms with van der Waals surface area (Å²) >= 11 is 3.57. The Kier molecular flexibility index (Phi) is 5.25. The van der Waals surface area contributed by atoms with E-state index in [-0.39, 0.29) is 0 Å². The summed E-state index contributed by atoms with van der Waals surface area (Å²) in [4.78, 5) is 2.59. The zero-order valence-electron chi connectivity index (χ0n) is 14.2. The van der Waals surface area contributed by atoms with Crippen molar-refractivity contribution in [1.82, 2.24) is 0 Å². The lowest BCUT2D eigenvalue weighted by Gasteiger charge is -2.01. The maximum absolute atomic E-state index is 2.22. The molecular weight excluding hydrogens is 352 g/mol. The highest BCUT2D eigenvalue weighted by Gasteiger charge is 2.09. The molecule has 0 aliphatic carbocycles. The fraction of sp³-hybridized carbons (Fsp3) is 0. The van der Waals surface area contributed by atoms with Gasteiger partial charge in [0, 0.05) is 20.9 Å². The fourth-order valence-electron chi connectivity index (χ4n) is 2.82. The summed E-state index contributed by atoms with van der Waals surface area (Å²) in [5.41, 5.74) is 5.05. The summed E-state index contributed by atoms with van der Waals surface area (Å²) in [7, 11) is 0. The van der Waals surface area contributed by atoms with E-state index >= 15 is 0 Å². The van der Waals surface area contributed by atoms with Gasteiger partial charge in [-0.3, -0.25) is 0 Å². The van der Waals surface area contributed by atoms with Crippen LogP contribution in [0.2, 0.25) is 0 Å². The molecule has 0 aliphatic heterocycles. The predicted octanol–water partition coefficient (Wildman–Crippen LogP) is 7.82. The van der Waals surface area contributed by atoms with Crippen molar-refractivity contribution < 1.29 is 0 Å². The molecule has 0 saturated carbocycles. The van der Waals surface area contributed by atoms with Gasteiger partial charge in [-0.1, -0.05) is 72.8 Å². The zero-order chi connectivity index (χ0) is 17.6. The van der Waals surface area contributed by atoms with Crippen LogP contribution in [0.25, 0.3) is 35.4 Å². The summed E-state index contributed by atoms with van der Waals surface area (Å²) in [5, 5.41) is 4.34. The fourth-order valence-corrected chi connectivity index (χ4v) is 4.42. The molecule has 2 aromatic carbocycles. The summed E-state index contributed by atoms with van der Waals surface area (Å²) < 4.78 is 0. The van der Waals surface area contributed by atoms with Crippen molar-refractivity contribution in [3.63, 3.8) is 0 Å². The minimum atomic E-state index is 1.22. The molecule has 2 heterocycles. The van der Waals surface area contributed by atoms with Crippen molar-refractivity contribution in [2.24, 2.45) is 0 Å².